The number of thioether (sulfide) groups is 1. The molecule has 1 aromatic rings. The number of carboxylic acids is 1. The molecule has 1 heterocycles. The molecule has 0 aromatic heterocycles. The average molecular weight is 365 g/mol. The maximum atomic E-state index is 12.6. The number of ether oxygens (including phenoxy) is 1. The predicted octanol–water partition coefficient (Wildman–Crippen LogP) is 3.40. The minimum Gasteiger partial charge on any atom is -0.494 e. The van der Waals surface area contributed by atoms with Crippen LogP contribution in [-0.4, -0.2) is 38.9 Å². The number of hydrogen-bond donors (Lipinski definition) is 1. The van der Waals surface area contributed by atoms with Crippen LogP contribution in [0, 0.1) is 5.92 Å². The number of carbonyl (C=O) groups is 2. The number of thiocarbonyl (C=S) groups is 1. The summed E-state index contributed by atoms with van der Waals surface area (Å²) in [5, 5.41) is 9.40. The standard InChI is InChI=1S/C17H19NO4S2/c1-4-22-12-7-5-11(6-8-12)9-13-15(19)18(17(23)24-13)14(10(2)3)16(20)21/h5-10,14H,4H2,1-3H3,(H,20,21). The van der Waals surface area contributed by atoms with E-state index in [1.165, 1.54) is 4.90 Å². The molecule has 0 aliphatic carbocycles. The van der Waals surface area contributed by atoms with E-state index in [1.54, 1.807) is 19.9 Å². The Morgan fingerprint density at radius 3 is 2.50 bits per heavy atom. The number of benzene rings is 1. The Bertz CT molecular complexity index is 682. The van der Waals surface area contributed by atoms with Crippen LogP contribution in [0.5, 0.6) is 5.75 Å². The Morgan fingerprint density at radius 2 is 2.00 bits per heavy atom. The first-order chi connectivity index (χ1) is 11.3. The topological polar surface area (TPSA) is 66.8 Å². The van der Waals surface area contributed by atoms with Gasteiger partial charge in [0.25, 0.3) is 5.91 Å². The van der Waals surface area contributed by atoms with E-state index in [0.717, 1.165) is 23.1 Å². The molecule has 0 radical (unpaired) electrons. The smallest absolute Gasteiger partial charge is 0.327 e. The second-order valence-corrected chi connectivity index (χ2v) is 7.26. The van der Waals surface area contributed by atoms with Gasteiger partial charge in [0.1, 0.15) is 16.1 Å². The van der Waals surface area contributed by atoms with E-state index in [0.29, 0.717) is 11.5 Å². The van der Waals surface area contributed by atoms with Crippen molar-refractivity contribution in [3.05, 3.63) is 34.7 Å². The Labute approximate surface area is 150 Å². The van der Waals surface area contributed by atoms with E-state index in [1.807, 2.05) is 31.2 Å². The second kappa shape index (κ2) is 7.81. The van der Waals surface area contributed by atoms with Crippen molar-refractivity contribution < 1.29 is 19.4 Å². The van der Waals surface area contributed by atoms with Crippen molar-refractivity contribution in [1.82, 2.24) is 4.90 Å². The minimum absolute atomic E-state index is 0.241. The first kappa shape index (κ1) is 18.5. The van der Waals surface area contributed by atoms with Gasteiger partial charge in [0.15, 0.2) is 0 Å². The van der Waals surface area contributed by atoms with Crippen molar-refractivity contribution in [3.8, 4) is 5.75 Å². The molecule has 0 spiro atoms. The molecule has 1 unspecified atom stereocenters. The Morgan fingerprint density at radius 1 is 1.38 bits per heavy atom. The normalized spacial score (nSPS) is 17.7. The number of nitrogens with zero attached hydrogens (tertiary/aromatic N) is 1. The van der Waals surface area contributed by atoms with Gasteiger partial charge >= 0.3 is 5.97 Å². The van der Waals surface area contributed by atoms with E-state index in [2.05, 4.69) is 0 Å². The molecule has 0 saturated carbocycles. The summed E-state index contributed by atoms with van der Waals surface area (Å²) in [6, 6.07) is 6.38. The summed E-state index contributed by atoms with van der Waals surface area (Å²) in [4.78, 5) is 25.7. The number of hydrogen-bond acceptors (Lipinski definition) is 5. The molecule has 7 heteroatoms. The highest BCUT2D eigenvalue weighted by Crippen LogP contribution is 2.35. The van der Waals surface area contributed by atoms with Crippen molar-refractivity contribution in [2.24, 2.45) is 5.92 Å². The van der Waals surface area contributed by atoms with Gasteiger partial charge in [-0.3, -0.25) is 9.69 Å². The van der Waals surface area contributed by atoms with Crippen molar-refractivity contribution in [2.45, 2.75) is 26.8 Å². The second-order valence-electron chi connectivity index (χ2n) is 5.58. The Hall–Kier alpha value is -1.86. The summed E-state index contributed by atoms with van der Waals surface area (Å²) in [6.45, 7) is 6.01. The largest absolute Gasteiger partial charge is 0.494 e. The fraction of sp³-hybridized carbons (Fsp3) is 0.353. The number of rotatable bonds is 6. The molecule has 0 bridgehead atoms. The zero-order chi connectivity index (χ0) is 17.9. The first-order valence-electron chi connectivity index (χ1n) is 7.57. The molecule has 1 fully saturated rings. The van der Waals surface area contributed by atoms with Gasteiger partial charge < -0.3 is 9.84 Å². The molecule has 1 atom stereocenters. The summed E-state index contributed by atoms with van der Waals surface area (Å²) in [5.41, 5.74) is 0.829. The highest BCUT2D eigenvalue weighted by atomic mass is 32.2. The van der Waals surface area contributed by atoms with Crippen molar-refractivity contribution in [1.29, 1.82) is 0 Å². The highest BCUT2D eigenvalue weighted by Gasteiger charge is 2.41. The lowest BCUT2D eigenvalue weighted by Crippen LogP contribution is -2.47. The van der Waals surface area contributed by atoms with Crippen molar-refractivity contribution in [2.75, 3.05) is 6.61 Å². The van der Waals surface area contributed by atoms with Crippen LogP contribution in [0.3, 0.4) is 0 Å². The fourth-order valence-electron chi connectivity index (χ4n) is 2.39. The van der Waals surface area contributed by atoms with Gasteiger partial charge in [-0.15, -0.1) is 0 Å². The van der Waals surface area contributed by atoms with Crippen LogP contribution in [0.2, 0.25) is 0 Å². The summed E-state index contributed by atoms with van der Waals surface area (Å²) >= 11 is 6.35. The van der Waals surface area contributed by atoms with Crippen LogP contribution in [0.25, 0.3) is 6.08 Å². The first-order valence-corrected chi connectivity index (χ1v) is 8.80. The zero-order valence-corrected chi connectivity index (χ0v) is 15.3. The number of aliphatic carboxylic acids is 1. The monoisotopic (exact) mass is 365 g/mol. The van der Waals surface area contributed by atoms with E-state index < -0.39 is 12.0 Å². The zero-order valence-electron chi connectivity index (χ0n) is 13.7. The lowest BCUT2D eigenvalue weighted by atomic mass is 10.0. The Balaban J connectivity index is 2.25. The lowest BCUT2D eigenvalue weighted by Gasteiger charge is -2.26. The van der Waals surface area contributed by atoms with Gasteiger partial charge in [0.05, 0.1) is 11.5 Å². The van der Waals surface area contributed by atoms with Gasteiger partial charge in [-0.25, -0.2) is 4.79 Å². The summed E-state index contributed by atoms with van der Waals surface area (Å²) in [5.74, 6) is -0.897. The maximum Gasteiger partial charge on any atom is 0.327 e. The minimum atomic E-state index is -1.05. The van der Waals surface area contributed by atoms with Crippen molar-refractivity contribution in [3.63, 3.8) is 0 Å². The van der Waals surface area contributed by atoms with Crippen LogP contribution in [0.15, 0.2) is 29.2 Å². The fourth-order valence-corrected chi connectivity index (χ4v) is 3.72. The average Bonchev–Trinajstić information content (AvgIpc) is 2.77. The highest BCUT2D eigenvalue weighted by molar-refractivity contribution is 8.26. The third-order valence-electron chi connectivity index (χ3n) is 3.48. The van der Waals surface area contributed by atoms with Gasteiger partial charge in [-0.2, -0.15) is 0 Å². The van der Waals surface area contributed by atoms with Crippen LogP contribution in [-0.2, 0) is 9.59 Å². The lowest BCUT2D eigenvalue weighted by molar-refractivity contribution is -0.146. The third kappa shape index (κ3) is 3.96. The molecule has 1 aliphatic heterocycles. The molecule has 128 valence electrons. The van der Waals surface area contributed by atoms with Crippen LogP contribution < -0.4 is 4.74 Å². The molecule has 5 nitrogen and oxygen atoms in total. The molecule has 24 heavy (non-hydrogen) atoms. The van der Waals surface area contributed by atoms with Crippen LogP contribution in [0.1, 0.15) is 26.3 Å². The van der Waals surface area contributed by atoms with E-state index in [-0.39, 0.29) is 16.1 Å². The van der Waals surface area contributed by atoms with Gasteiger partial charge in [-0.1, -0.05) is 50.0 Å². The van der Waals surface area contributed by atoms with Crippen LogP contribution >= 0.6 is 24.0 Å². The maximum absolute atomic E-state index is 12.6. The SMILES string of the molecule is CCOc1ccc(C=C2SC(=S)N(C(C(=O)O)C(C)C)C2=O)cc1. The molecular formula is C17H19NO4S2. The van der Waals surface area contributed by atoms with Crippen molar-refractivity contribution >= 4 is 46.3 Å². The molecule has 1 aliphatic rings. The predicted molar refractivity (Wildman–Crippen MR) is 98.9 cm³/mol. The quantitative estimate of drug-likeness (QED) is 0.616. The summed E-state index contributed by atoms with van der Waals surface area (Å²) < 4.78 is 5.66. The molecular weight excluding hydrogens is 346 g/mol. The molecule has 1 N–H and O–H groups in total. The number of carboxylic acid groups (broad SMARTS) is 1. The van der Waals surface area contributed by atoms with Gasteiger partial charge in [0.2, 0.25) is 0 Å². The van der Waals surface area contributed by atoms with Gasteiger partial charge in [0, 0.05) is 0 Å². The number of amides is 1. The molecule has 1 saturated heterocycles. The third-order valence-corrected chi connectivity index (χ3v) is 4.81. The van der Waals surface area contributed by atoms with Crippen LogP contribution in [0.4, 0.5) is 0 Å². The summed E-state index contributed by atoms with van der Waals surface area (Å²) in [7, 11) is 0. The van der Waals surface area contributed by atoms with E-state index in [9.17, 15) is 14.7 Å². The Kier molecular flexibility index (Phi) is 6.01. The van der Waals surface area contributed by atoms with Gasteiger partial charge in [-0.05, 0) is 36.6 Å². The molecule has 2 rings (SSSR count). The van der Waals surface area contributed by atoms with E-state index in [4.69, 9.17) is 17.0 Å². The summed E-state index contributed by atoms with van der Waals surface area (Å²) in [6.07, 6.45) is 1.72. The molecule has 1 amide bonds. The van der Waals surface area contributed by atoms with E-state index >= 15 is 0 Å². The number of carbonyl (C=O) groups excluding carboxylic acids is 1. The molecule has 1 aromatic carbocycles.